The summed E-state index contributed by atoms with van der Waals surface area (Å²) in [7, 11) is 4.72. The van der Waals surface area contributed by atoms with Crippen LogP contribution in [0.4, 0.5) is 10.8 Å². The van der Waals surface area contributed by atoms with Crippen molar-refractivity contribution in [3.63, 3.8) is 0 Å². The summed E-state index contributed by atoms with van der Waals surface area (Å²) in [6, 6.07) is 12.8. The summed E-state index contributed by atoms with van der Waals surface area (Å²) in [5.41, 5.74) is 1.95. The Morgan fingerprint density at radius 1 is 1.07 bits per heavy atom. The zero-order chi connectivity index (χ0) is 20.1. The zero-order valence-corrected chi connectivity index (χ0v) is 16.5. The quantitative estimate of drug-likeness (QED) is 0.585. The summed E-state index contributed by atoms with van der Waals surface area (Å²) in [4.78, 5) is 16.6. The fourth-order valence-corrected chi connectivity index (χ4v) is 3.71. The monoisotopic (exact) mass is 400 g/mol. The largest absolute Gasteiger partial charge is 0.497 e. The summed E-state index contributed by atoms with van der Waals surface area (Å²) in [6.07, 6.45) is -0.152. The van der Waals surface area contributed by atoms with Crippen molar-refractivity contribution in [2.75, 3.05) is 26.6 Å². The van der Waals surface area contributed by atoms with Gasteiger partial charge < -0.3 is 24.6 Å². The molecule has 0 aliphatic rings. The Morgan fingerprint density at radius 3 is 2.50 bits per heavy atom. The van der Waals surface area contributed by atoms with E-state index in [1.54, 1.807) is 39.5 Å². The van der Waals surface area contributed by atoms with Gasteiger partial charge in [-0.05, 0) is 30.3 Å². The van der Waals surface area contributed by atoms with Gasteiger partial charge >= 0.3 is 5.97 Å². The second kappa shape index (κ2) is 8.62. The Hall–Kier alpha value is -3.26. The average Bonchev–Trinajstić information content (AvgIpc) is 3.09. The van der Waals surface area contributed by atoms with Gasteiger partial charge in [0.05, 0.1) is 39.1 Å². The SMILES string of the molecule is COc1ccc(OC)c(-c2nc(Nc3ccccc3OC)sc2CC(=O)O)c1. The molecule has 2 N–H and O–H groups in total. The molecule has 3 rings (SSSR count). The van der Waals surface area contributed by atoms with E-state index < -0.39 is 5.97 Å². The molecule has 0 amide bonds. The van der Waals surface area contributed by atoms with E-state index in [2.05, 4.69) is 10.3 Å². The number of ether oxygens (including phenoxy) is 3. The standard InChI is InChI=1S/C20H20N2O5S/c1-25-12-8-9-15(26-2)13(10-12)19-17(11-18(23)24)28-20(22-19)21-14-6-4-5-7-16(14)27-3/h4-10H,11H2,1-3H3,(H,21,22)(H,23,24). The fourth-order valence-electron chi connectivity index (χ4n) is 2.74. The minimum absolute atomic E-state index is 0.152. The first-order chi connectivity index (χ1) is 13.5. The van der Waals surface area contributed by atoms with Crippen molar-refractivity contribution < 1.29 is 24.1 Å². The van der Waals surface area contributed by atoms with Crippen molar-refractivity contribution in [1.29, 1.82) is 0 Å². The number of para-hydroxylation sites is 2. The number of hydrogen-bond acceptors (Lipinski definition) is 7. The van der Waals surface area contributed by atoms with Gasteiger partial charge in [0.25, 0.3) is 0 Å². The van der Waals surface area contributed by atoms with Crippen LogP contribution in [0.2, 0.25) is 0 Å². The molecule has 0 radical (unpaired) electrons. The van der Waals surface area contributed by atoms with Crippen LogP contribution in [0.5, 0.6) is 17.2 Å². The van der Waals surface area contributed by atoms with E-state index in [0.29, 0.717) is 38.5 Å². The van der Waals surface area contributed by atoms with Crippen LogP contribution in [0.1, 0.15) is 4.88 Å². The maximum Gasteiger partial charge on any atom is 0.308 e. The van der Waals surface area contributed by atoms with Crippen LogP contribution in [0.25, 0.3) is 11.3 Å². The number of carboxylic acid groups (broad SMARTS) is 1. The van der Waals surface area contributed by atoms with E-state index in [4.69, 9.17) is 14.2 Å². The van der Waals surface area contributed by atoms with Gasteiger partial charge in [0.1, 0.15) is 17.2 Å². The molecule has 0 spiro atoms. The number of hydrogen-bond donors (Lipinski definition) is 2. The molecular formula is C20H20N2O5S. The number of aliphatic carboxylic acids is 1. The lowest BCUT2D eigenvalue weighted by Gasteiger charge is -2.10. The molecule has 146 valence electrons. The number of thiazole rings is 1. The number of carboxylic acids is 1. The summed E-state index contributed by atoms with van der Waals surface area (Å²) >= 11 is 1.27. The Balaban J connectivity index is 2.07. The van der Waals surface area contributed by atoms with Crippen LogP contribution in [-0.2, 0) is 11.2 Å². The third kappa shape index (κ3) is 4.17. The van der Waals surface area contributed by atoms with Crippen molar-refractivity contribution in [2.24, 2.45) is 0 Å². The lowest BCUT2D eigenvalue weighted by Crippen LogP contribution is -2.00. The number of nitrogens with one attached hydrogen (secondary N) is 1. The van der Waals surface area contributed by atoms with E-state index >= 15 is 0 Å². The molecule has 0 saturated heterocycles. The molecule has 1 aromatic heterocycles. The molecule has 8 heteroatoms. The normalized spacial score (nSPS) is 10.4. The highest BCUT2D eigenvalue weighted by atomic mass is 32.1. The Morgan fingerprint density at radius 2 is 1.82 bits per heavy atom. The number of anilines is 2. The molecule has 28 heavy (non-hydrogen) atoms. The van der Waals surface area contributed by atoms with Crippen LogP contribution in [-0.4, -0.2) is 37.4 Å². The molecule has 0 atom stereocenters. The molecule has 0 unspecified atom stereocenters. The summed E-state index contributed by atoms with van der Waals surface area (Å²) < 4.78 is 16.1. The third-order valence-electron chi connectivity index (χ3n) is 4.02. The van der Waals surface area contributed by atoms with Gasteiger partial charge in [-0.25, -0.2) is 4.98 Å². The van der Waals surface area contributed by atoms with Gasteiger partial charge in [0.15, 0.2) is 5.13 Å². The van der Waals surface area contributed by atoms with E-state index in [0.717, 1.165) is 5.69 Å². The van der Waals surface area contributed by atoms with Crippen LogP contribution >= 0.6 is 11.3 Å². The van der Waals surface area contributed by atoms with Crippen LogP contribution in [0.15, 0.2) is 42.5 Å². The molecule has 2 aromatic carbocycles. The second-order valence-electron chi connectivity index (χ2n) is 5.75. The molecule has 0 bridgehead atoms. The second-order valence-corrected chi connectivity index (χ2v) is 6.84. The molecule has 0 aliphatic carbocycles. The number of benzene rings is 2. The minimum atomic E-state index is -0.935. The molecule has 1 heterocycles. The predicted octanol–water partition coefficient (Wildman–Crippen LogP) is 4.21. The highest BCUT2D eigenvalue weighted by Crippen LogP contribution is 2.40. The maximum absolute atomic E-state index is 11.4. The van der Waals surface area contributed by atoms with Gasteiger partial charge in [0, 0.05) is 10.4 Å². The predicted molar refractivity (Wildman–Crippen MR) is 108 cm³/mol. The lowest BCUT2D eigenvalue weighted by molar-refractivity contribution is -0.136. The number of carbonyl (C=O) groups is 1. The van der Waals surface area contributed by atoms with Crippen molar-refractivity contribution in [1.82, 2.24) is 4.98 Å². The molecule has 0 saturated carbocycles. The van der Waals surface area contributed by atoms with Crippen molar-refractivity contribution >= 4 is 28.1 Å². The minimum Gasteiger partial charge on any atom is -0.497 e. The topological polar surface area (TPSA) is 89.9 Å². The maximum atomic E-state index is 11.4. The van der Waals surface area contributed by atoms with E-state index in [1.807, 2.05) is 24.3 Å². The molecule has 0 fully saturated rings. The van der Waals surface area contributed by atoms with Crippen LogP contribution < -0.4 is 19.5 Å². The van der Waals surface area contributed by atoms with E-state index in [1.165, 1.54) is 11.3 Å². The zero-order valence-electron chi connectivity index (χ0n) is 15.7. The Kier molecular flexibility index (Phi) is 6.00. The first kappa shape index (κ1) is 19.5. The molecule has 7 nitrogen and oxygen atoms in total. The highest BCUT2D eigenvalue weighted by molar-refractivity contribution is 7.16. The molecule has 3 aromatic rings. The van der Waals surface area contributed by atoms with Gasteiger partial charge in [-0.3, -0.25) is 4.79 Å². The summed E-state index contributed by atoms with van der Waals surface area (Å²) in [5, 5.41) is 13.1. The molecular weight excluding hydrogens is 380 g/mol. The van der Waals surface area contributed by atoms with Crippen molar-refractivity contribution in [3.8, 4) is 28.5 Å². The van der Waals surface area contributed by atoms with Gasteiger partial charge in [-0.2, -0.15) is 0 Å². The first-order valence-electron chi connectivity index (χ1n) is 8.39. The third-order valence-corrected chi connectivity index (χ3v) is 4.99. The first-order valence-corrected chi connectivity index (χ1v) is 9.21. The molecule has 0 aliphatic heterocycles. The van der Waals surface area contributed by atoms with Gasteiger partial charge in [-0.1, -0.05) is 12.1 Å². The van der Waals surface area contributed by atoms with Crippen molar-refractivity contribution in [3.05, 3.63) is 47.3 Å². The van der Waals surface area contributed by atoms with Crippen LogP contribution in [0, 0.1) is 0 Å². The Labute approximate surface area is 166 Å². The Bertz CT molecular complexity index is 986. The number of aromatic nitrogens is 1. The van der Waals surface area contributed by atoms with Gasteiger partial charge in [0.2, 0.25) is 0 Å². The van der Waals surface area contributed by atoms with Crippen LogP contribution in [0.3, 0.4) is 0 Å². The number of rotatable bonds is 8. The number of nitrogens with zero attached hydrogens (tertiary/aromatic N) is 1. The van der Waals surface area contributed by atoms with Gasteiger partial charge in [-0.15, -0.1) is 11.3 Å². The average molecular weight is 400 g/mol. The van der Waals surface area contributed by atoms with Crippen molar-refractivity contribution in [2.45, 2.75) is 6.42 Å². The smallest absolute Gasteiger partial charge is 0.308 e. The lowest BCUT2D eigenvalue weighted by atomic mass is 10.1. The van der Waals surface area contributed by atoms with E-state index in [9.17, 15) is 9.90 Å². The fraction of sp³-hybridized carbons (Fsp3) is 0.200. The highest BCUT2D eigenvalue weighted by Gasteiger charge is 2.20. The van der Waals surface area contributed by atoms with E-state index in [-0.39, 0.29) is 6.42 Å². The number of methoxy groups -OCH3 is 3. The summed E-state index contributed by atoms with van der Waals surface area (Å²) in [5.74, 6) is 0.944. The summed E-state index contributed by atoms with van der Waals surface area (Å²) in [6.45, 7) is 0.